The van der Waals surface area contributed by atoms with Crippen LogP contribution in [0, 0.1) is 11.8 Å². The zero-order valence-corrected chi connectivity index (χ0v) is 16.2. The van der Waals surface area contributed by atoms with Crippen LogP contribution in [0.2, 0.25) is 0 Å². The van der Waals surface area contributed by atoms with Crippen molar-refractivity contribution in [2.45, 2.75) is 58.0 Å². The Balaban J connectivity index is 1.56. The molecule has 6 heteroatoms. The molecular weight excluding hydrogens is 338 g/mol. The molecule has 1 aliphatic heterocycles. The topological polar surface area (TPSA) is 73.9 Å². The summed E-state index contributed by atoms with van der Waals surface area (Å²) in [5, 5.41) is 4.72. The molecule has 0 spiro atoms. The van der Waals surface area contributed by atoms with Gasteiger partial charge in [0.15, 0.2) is 0 Å². The van der Waals surface area contributed by atoms with E-state index in [9.17, 15) is 4.79 Å². The van der Waals surface area contributed by atoms with Gasteiger partial charge in [-0.25, -0.2) is 9.97 Å². The SMILES string of the molecule is C=CC(=O)N1C[C@@H](Nc2ncnc3[nH]cc(CC4CC4)c23)CC[C@H]1C(C)C. The molecule has 1 saturated carbocycles. The maximum Gasteiger partial charge on any atom is 0.246 e. The molecule has 4 rings (SSSR count). The van der Waals surface area contributed by atoms with E-state index in [-0.39, 0.29) is 18.0 Å². The quantitative estimate of drug-likeness (QED) is 0.766. The van der Waals surface area contributed by atoms with Crippen LogP contribution in [0.3, 0.4) is 0 Å². The number of hydrogen-bond acceptors (Lipinski definition) is 4. The normalized spacial score (nSPS) is 23.0. The summed E-state index contributed by atoms with van der Waals surface area (Å²) in [6.07, 6.45) is 10.9. The summed E-state index contributed by atoms with van der Waals surface area (Å²) >= 11 is 0. The summed E-state index contributed by atoms with van der Waals surface area (Å²) in [4.78, 5) is 26.6. The van der Waals surface area contributed by atoms with Crippen molar-refractivity contribution in [3.63, 3.8) is 0 Å². The molecular formula is C21H29N5O. The Kier molecular flexibility index (Phi) is 4.89. The Labute approximate surface area is 160 Å². The van der Waals surface area contributed by atoms with E-state index < -0.39 is 0 Å². The predicted molar refractivity (Wildman–Crippen MR) is 107 cm³/mol. The first kappa shape index (κ1) is 18.0. The summed E-state index contributed by atoms with van der Waals surface area (Å²) in [7, 11) is 0. The van der Waals surface area contributed by atoms with Gasteiger partial charge in [0.1, 0.15) is 17.8 Å². The number of carbonyl (C=O) groups is 1. The van der Waals surface area contributed by atoms with E-state index in [1.165, 1.54) is 24.5 Å². The second kappa shape index (κ2) is 7.33. The van der Waals surface area contributed by atoms with E-state index in [2.05, 4.69) is 46.9 Å². The number of piperidine rings is 1. The maximum absolute atomic E-state index is 12.4. The first-order valence-corrected chi connectivity index (χ1v) is 10.1. The summed E-state index contributed by atoms with van der Waals surface area (Å²) < 4.78 is 0. The lowest BCUT2D eigenvalue weighted by Crippen LogP contribution is -2.52. The monoisotopic (exact) mass is 367 g/mol. The number of amides is 1. The summed E-state index contributed by atoms with van der Waals surface area (Å²) in [5.41, 5.74) is 2.18. The Morgan fingerprint density at radius 1 is 1.37 bits per heavy atom. The standard InChI is InChI=1S/C21H29N5O/c1-4-18(27)26-11-16(7-8-17(26)13(2)3)25-21-19-15(9-14-5-6-14)10-22-20(19)23-12-24-21/h4,10,12-14,16-17H,1,5-9,11H2,2-3H3,(H2,22,23,24,25)/t16-,17-/m0/s1. The predicted octanol–water partition coefficient (Wildman–Crippen LogP) is 3.52. The molecule has 0 aromatic carbocycles. The second-order valence-electron chi connectivity index (χ2n) is 8.33. The van der Waals surface area contributed by atoms with Crippen LogP contribution < -0.4 is 5.32 Å². The molecule has 144 valence electrons. The zero-order chi connectivity index (χ0) is 19.0. The molecule has 0 radical (unpaired) electrons. The number of hydrogen-bond donors (Lipinski definition) is 2. The average molecular weight is 367 g/mol. The zero-order valence-electron chi connectivity index (χ0n) is 16.2. The van der Waals surface area contributed by atoms with Crippen LogP contribution >= 0.6 is 0 Å². The molecule has 0 bridgehead atoms. The highest BCUT2D eigenvalue weighted by atomic mass is 16.2. The minimum absolute atomic E-state index is 0.0177. The third-order valence-corrected chi connectivity index (χ3v) is 5.95. The minimum Gasteiger partial charge on any atom is -0.365 e. The van der Waals surface area contributed by atoms with Gasteiger partial charge in [-0.1, -0.05) is 20.4 Å². The highest BCUT2D eigenvalue weighted by molar-refractivity contribution is 5.90. The summed E-state index contributed by atoms with van der Waals surface area (Å²) in [6, 6.07) is 0.460. The van der Waals surface area contributed by atoms with E-state index in [4.69, 9.17) is 0 Å². The Bertz CT molecular complexity index is 838. The number of likely N-dealkylation sites (tertiary alicyclic amines) is 1. The largest absolute Gasteiger partial charge is 0.365 e. The lowest BCUT2D eigenvalue weighted by Gasteiger charge is -2.41. The van der Waals surface area contributed by atoms with Crippen LogP contribution in [0.15, 0.2) is 25.2 Å². The number of H-pyrrole nitrogens is 1. The Hall–Kier alpha value is -2.37. The molecule has 2 aliphatic rings. The van der Waals surface area contributed by atoms with Crippen molar-refractivity contribution in [1.82, 2.24) is 19.9 Å². The number of anilines is 1. The van der Waals surface area contributed by atoms with E-state index in [0.717, 1.165) is 42.0 Å². The van der Waals surface area contributed by atoms with Crippen molar-refractivity contribution >= 4 is 22.8 Å². The summed E-state index contributed by atoms with van der Waals surface area (Å²) in [6.45, 7) is 8.72. The van der Waals surface area contributed by atoms with Gasteiger partial charge in [0.2, 0.25) is 5.91 Å². The number of nitrogens with one attached hydrogen (secondary N) is 2. The summed E-state index contributed by atoms with van der Waals surface area (Å²) in [5.74, 6) is 2.15. The van der Waals surface area contributed by atoms with E-state index in [0.29, 0.717) is 12.5 Å². The molecule has 2 fully saturated rings. The lowest BCUT2D eigenvalue weighted by molar-refractivity contribution is -0.130. The van der Waals surface area contributed by atoms with Gasteiger partial charge in [-0.3, -0.25) is 4.79 Å². The number of rotatable bonds is 6. The van der Waals surface area contributed by atoms with Crippen LogP contribution in [0.25, 0.3) is 11.0 Å². The van der Waals surface area contributed by atoms with E-state index in [1.54, 1.807) is 6.33 Å². The molecule has 2 aromatic heterocycles. The lowest BCUT2D eigenvalue weighted by atomic mass is 9.90. The fourth-order valence-electron chi connectivity index (χ4n) is 4.30. The van der Waals surface area contributed by atoms with Crippen LogP contribution in [0.4, 0.5) is 5.82 Å². The average Bonchev–Trinajstić information content (AvgIpc) is 3.39. The molecule has 1 amide bonds. The van der Waals surface area contributed by atoms with Gasteiger partial charge >= 0.3 is 0 Å². The van der Waals surface area contributed by atoms with Crippen molar-refractivity contribution in [2.75, 3.05) is 11.9 Å². The number of aromatic amines is 1. The van der Waals surface area contributed by atoms with Crippen molar-refractivity contribution in [1.29, 1.82) is 0 Å². The van der Waals surface area contributed by atoms with Crippen LogP contribution in [0.5, 0.6) is 0 Å². The van der Waals surface area contributed by atoms with Gasteiger partial charge in [-0.15, -0.1) is 0 Å². The Morgan fingerprint density at radius 3 is 2.89 bits per heavy atom. The molecule has 0 unspecified atom stereocenters. The van der Waals surface area contributed by atoms with Crippen LogP contribution in [-0.2, 0) is 11.2 Å². The molecule has 1 saturated heterocycles. The fourth-order valence-corrected chi connectivity index (χ4v) is 4.30. The van der Waals surface area contributed by atoms with Crippen LogP contribution in [-0.4, -0.2) is 44.4 Å². The molecule has 3 heterocycles. The van der Waals surface area contributed by atoms with Crippen molar-refractivity contribution in [3.05, 3.63) is 30.7 Å². The molecule has 6 nitrogen and oxygen atoms in total. The first-order chi connectivity index (χ1) is 13.1. The maximum atomic E-state index is 12.4. The number of aromatic nitrogens is 3. The highest BCUT2D eigenvalue weighted by Crippen LogP contribution is 2.36. The van der Waals surface area contributed by atoms with E-state index in [1.807, 2.05) is 4.90 Å². The van der Waals surface area contributed by atoms with Crippen molar-refractivity contribution in [3.8, 4) is 0 Å². The molecule has 2 N–H and O–H groups in total. The number of fused-ring (bicyclic) bond motifs is 1. The van der Waals surface area contributed by atoms with Gasteiger partial charge in [0, 0.05) is 24.8 Å². The minimum atomic E-state index is 0.0177. The second-order valence-corrected chi connectivity index (χ2v) is 8.33. The first-order valence-electron chi connectivity index (χ1n) is 10.1. The molecule has 2 atom stereocenters. The van der Waals surface area contributed by atoms with Gasteiger partial charge in [-0.05, 0) is 55.6 Å². The van der Waals surface area contributed by atoms with Crippen LogP contribution in [0.1, 0.15) is 45.1 Å². The van der Waals surface area contributed by atoms with Gasteiger partial charge < -0.3 is 15.2 Å². The third-order valence-electron chi connectivity index (χ3n) is 5.95. The molecule has 27 heavy (non-hydrogen) atoms. The number of carbonyl (C=O) groups excluding carboxylic acids is 1. The Morgan fingerprint density at radius 2 is 2.19 bits per heavy atom. The van der Waals surface area contributed by atoms with Gasteiger partial charge in [0.25, 0.3) is 0 Å². The number of nitrogens with zero attached hydrogens (tertiary/aromatic N) is 3. The fraction of sp³-hybridized carbons (Fsp3) is 0.571. The molecule has 2 aromatic rings. The molecule has 1 aliphatic carbocycles. The van der Waals surface area contributed by atoms with Crippen molar-refractivity contribution in [2.24, 2.45) is 11.8 Å². The van der Waals surface area contributed by atoms with Gasteiger partial charge in [-0.2, -0.15) is 0 Å². The van der Waals surface area contributed by atoms with Crippen molar-refractivity contribution < 1.29 is 4.79 Å². The highest BCUT2D eigenvalue weighted by Gasteiger charge is 2.33. The third kappa shape index (κ3) is 3.70. The van der Waals surface area contributed by atoms with Gasteiger partial charge in [0.05, 0.1) is 5.39 Å². The van der Waals surface area contributed by atoms with E-state index >= 15 is 0 Å². The smallest absolute Gasteiger partial charge is 0.246 e.